The summed E-state index contributed by atoms with van der Waals surface area (Å²) in [6.07, 6.45) is 8.16. The number of hydrogen-bond donors (Lipinski definition) is 0. The fourth-order valence-electron chi connectivity index (χ4n) is 9.23. The molecule has 6 heteroatoms. The fourth-order valence-corrected chi connectivity index (χ4v) is 9.23. The highest BCUT2D eigenvalue weighted by Gasteiger charge is 2.65. The number of furan rings is 1. The van der Waals surface area contributed by atoms with E-state index in [1.54, 1.807) is 0 Å². The highest BCUT2D eigenvalue weighted by Crippen LogP contribution is 2.66. The Bertz CT molecular complexity index is 966. The van der Waals surface area contributed by atoms with Crippen molar-refractivity contribution >= 4 is 5.91 Å². The Balaban J connectivity index is 1.61. The SMILES string of the molecule is CCN(C)C(=O)[C@@H]1c2cc(CN3CCCCC3)oc2C[C@H]2[C@H]1[C@@H](OC)[C@H](OC)C1C(C)(C)CCC[C@@]12C. The molecule has 1 aromatic rings. The molecule has 2 heterocycles. The first kappa shape index (κ1) is 27.2. The molecule has 1 aliphatic heterocycles. The molecule has 2 saturated carbocycles. The lowest BCUT2D eigenvalue weighted by molar-refractivity contribution is -0.232. The third-order valence-corrected chi connectivity index (χ3v) is 10.9. The summed E-state index contributed by atoms with van der Waals surface area (Å²) in [5.41, 5.74) is 1.31. The Morgan fingerprint density at radius 2 is 1.78 bits per heavy atom. The second kappa shape index (κ2) is 10.3. The lowest BCUT2D eigenvalue weighted by atomic mass is 9.42. The van der Waals surface area contributed by atoms with Crippen molar-refractivity contribution in [2.24, 2.45) is 28.6 Å². The van der Waals surface area contributed by atoms with Gasteiger partial charge in [-0.2, -0.15) is 0 Å². The lowest BCUT2D eigenvalue weighted by Crippen LogP contribution is -2.66. The maximum atomic E-state index is 14.2. The zero-order valence-corrected chi connectivity index (χ0v) is 24.3. The zero-order valence-electron chi connectivity index (χ0n) is 24.3. The van der Waals surface area contributed by atoms with Crippen LogP contribution in [-0.2, 0) is 27.2 Å². The molecular weight excluding hydrogens is 464 g/mol. The molecule has 208 valence electrons. The Kier molecular flexibility index (Phi) is 7.58. The normalized spacial score (nSPS) is 37.4. The Labute approximate surface area is 224 Å². The minimum absolute atomic E-state index is 0.0324. The zero-order chi connectivity index (χ0) is 26.5. The second-order valence-electron chi connectivity index (χ2n) is 13.4. The van der Waals surface area contributed by atoms with Crippen LogP contribution in [0.1, 0.15) is 89.2 Å². The van der Waals surface area contributed by atoms with Gasteiger partial charge in [0.05, 0.1) is 24.7 Å². The van der Waals surface area contributed by atoms with Gasteiger partial charge in [0, 0.05) is 45.7 Å². The molecule has 0 radical (unpaired) electrons. The van der Waals surface area contributed by atoms with Gasteiger partial charge in [0.2, 0.25) is 5.91 Å². The first-order valence-electron chi connectivity index (χ1n) is 14.8. The maximum absolute atomic E-state index is 14.2. The third-order valence-electron chi connectivity index (χ3n) is 10.9. The van der Waals surface area contributed by atoms with E-state index >= 15 is 0 Å². The van der Waals surface area contributed by atoms with Gasteiger partial charge in [0.15, 0.2) is 0 Å². The van der Waals surface area contributed by atoms with Crippen LogP contribution >= 0.6 is 0 Å². The van der Waals surface area contributed by atoms with Crippen LogP contribution < -0.4 is 0 Å². The summed E-state index contributed by atoms with van der Waals surface area (Å²) < 4.78 is 19.4. The van der Waals surface area contributed by atoms with E-state index in [4.69, 9.17) is 13.9 Å². The van der Waals surface area contributed by atoms with Crippen molar-refractivity contribution in [2.45, 2.75) is 97.3 Å². The van der Waals surface area contributed by atoms with Gasteiger partial charge in [-0.05, 0) is 74.4 Å². The first-order valence-corrected chi connectivity index (χ1v) is 14.8. The predicted octanol–water partition coefficient (Wildman–Crippen LogP) is 5.49. The molecule has 0 spiro atoms. The van der Waals surface area contributed by atoms with Gasteiger partial charge in [-0.1, -0.05) is 33.6 Å². The number of ether oxygens (including phenoxy) is 2. The van der Waals surface area contributed by atoms with E-state index in [1.165, 1.54) is 38.5 Å². The molecular formula is C31H50N2O4. The number of methoxy groups -OCH3 is 2. The monoisotopic (exact) mass is 514 g/mol. The summed E-state index contributed by atoms with van der Waals surface area (Å²) in [7, 11) is 5.61. The summed E-state index contributed by atoms with van der Waals surface area (Å²) in [5, 5.41) is 0. The smallest absolute Gasteiger partial charge is 0.230 e. The van der Waals surface area contributed by atoms with Crippen LogP contribution in [0.15, 0.2) is 10.5 Å². The Morgan fingerprint density at radius 1 is 1.08 bits per heavy atom. The summed E-state index contributed by atoms with van der Waals surface area (Å²) in [5.74, 6) is 2.75. The van der Waals surface area contributed by atoms with Crippen molar-refractivity contribution in [3.63, 3.8) is 0 Å². The molecule has 1 amide bonds. The fraction of sp³-hybridized carbons (Fsp3) is 0.839. The molecule has 6 nitrogen and oxygen atoms in total. The van der Waals surface area contributed by atoms with E-state index in [0.29, 0.717) is 18.4 Å². The minimum Gasteiger partial charge on any atom is -0.464 e. The second-order valence-corrected chi connectivity index (χ2v) is 13.4. The van der Waals surface area contributed by atoms with Crippen LogP contribution in [-0.4, -0.2) is 68.8 Å². The standard InChI is InChI=1S/C31H50N2O4/c1-8-32(5)29(34)24-21-17-20(19-33-15-10-9-11-16-33)37-23(21)18-22-25(24)26(35-6)27(36-7)28-30(2,3)13-12-14-31(22,28)4/h17,22,24-28H,8-16,18-19H2,1-7H3/t22-,24+,25+,26+,27-,28?,31+/m0/s1. The van der Waals surface area contributed by atoms with Gasteiger partial charge in [-0.3, -0.25) is 9.69 Å². The number of amides is 1. The molecule has 1 saturated heterocycles. The van der Waals surface area contributed by atoms with Gasteiger partial charge in [0.1, 0.15) is 11.5 Å². The van der Waals surface area contributed by atoms with Crippen molar-refractivity contribution in [3.05, 3.63) is 23.2 Å². The van der Waals surface area contributed by atoms with Crippen molar-refractivity contribution in [3.8, 4) is 0 Å². The van der Waals surface area contributed by atoms with Crippen LogP contribution in [0, 0.1) is 28.6 Å². The van der Waals surface area contributed by atoms with E-state index in [2.05, 4.69) is 38.7 Å². The highest BCUT2D eigenvalue weighted by molar-refractivity contribution is 5.85. The first-order chi connectivity index (χ1) is 17.7. The molecule has 0 bridgehead atoms. The topological polar surface area (TPSA) is 55.2 Å². The average Bonchev–Trinajstić information content (AvgIpc) is 3.28. The Hall–Kier alpha value is -1.37. The number of nitrogens with zero attached hydrogens (tertiary/aromatic N) is 2. The number of piperidine rings is 1. The molecule has 37 heavy (non-hydrogen) atoms. The van der Waals surface area contributed by atoms with Crippen molar-refractivity contribution < 1.29 is 18.7 Å². The van der Waals surface area contributed by atoms with Crippen molar-refractivity contribution in [2.75, 3.05) is 40.9 Å². The van der Waals surface area contributed by atoms with Gasteiger partial charge in [-0.15, -0.1) is 0 Å². The summed E-state index contributed by atoms with van der Waals surface area (Å²) >= 11 is 0. The van der Waals surface area contributed by atoms with Crippen molar-refractivity contribution in [1.82, 2.24) is 9.80 Å². The average molecular weight is 515 g/mol. The summed E-state index contributed by atoms with van der Waals surface area (Å²) in [6.45, 7) is 13.2. The molecule has 0 aromatic carbocycles. The molecule has 4 aliphatic rings. The largest absolute Gasteiger partial charge is 0.464 e. The number of rotatable bonds is 6. The summed E-state index contributed by atoms with van der Waals surface area (Å²) in [4.78, 5) is 18.6. The molecule has 1 unspecified atom stereocenters. The van der Waals surface area contributed by atoms with E-state index in [1.807, 2.05) is 26.2 Å². The van der Waals surface area contributed by atoms with Gasteiger partial charge in [0.25, 0.3) is 0 Å². The van der Waals surface area contributed by atoms with E-state index in [0.717, 1.165) is 43.1 Å². The van der Waals surface area contributed by atoms with Crippen LogP contribution in [0.3, 0.4) is 0 Å². The number of likely N-dealkylation sites (N-methyl/N-ethyl adjacent to an activating group) is 1. The molecule has 3 aliphatic carbocycles. The summed E-state index contributed by atoms with van der Waals surface area (Å²) in [6, 6.07) is 2.22. The van der Waals surface area contributed by atoms with Gasteiger partial charge in [-0.25, -0.2) is 0 Å². The minimum atomic E-state index is -0.261. The molecule has 3 fully saturated rings. The number of fused-ring (bicyclic) bond motifs is 4. The van der Waals surface area contributed by atoms with Gasteiger partial charge >= 0.3 is 0 Å². The van der Waals surface area contributed by atoms with Crippen LogP contribution in [0.5, 0.6) is 0 Å². The predicted molar refractivity (Wildman–Crippen MR) is 145 cm³/mol. The van der Waals surface area contributed by atoms with Crippen molar-refractivity contribution in [1.29, 1.82) is 0 Å². The lowest BCUT2D eigenvalue weighted by Gasteiger charge is -2.65. The number of likely N-dealkylation sites (tertiary alicyclic amines) is 1. The molecule has 1 aromatic heterocycles. The maximum Gasteiger partial charge on any atom is 0.230 e. The Morgan fingerprint density at radius 3 is 2.43 bits per heavy atom. The highest BCUT2D eigenvalue weighted by atomic mass is 16.5. The third kappa shape index (κ3) is 4.49. The quantitative estimate of drug-likeness (QED) is 0.502. The molecule has 0 N–H and O–H groups in total. The van der Waals surface area contributed by atoms with E-state index in [-0.39, 0.29) is 40.8 Å². The van der Waals surface area contributed by atoms with Crippen LogP contribution in [0.2, 0.25) is 0 Å². The van der Waals surface area contributed by atoms with Crippen LogP contribution in [0.4, 0.5) is 0 Å². The molecule has 5 rings (SSSR count). The van der Waals surface area contributed by atoms with E-state index < -0.39 is 0 Å². The number of carbonyl (C=O) groups excluding carboxylic acids is 1. The van der Waals surface area contributed by atoms with Crippen LogP contribution in [0.25, 0.3) is 0 Å². The van der Waals surface area contributed by atoms with Gasteiger partial charge < -0.3 is 18.8 Å². The van der Waals surface area contributed by atoms with E-state index in [9.17, 15) is 4.79 Å². The number of hydrogen-bond acceptors (Lipinski definition) is 5. The molecule has 7 atom stereocenters. The number of carbonyl (C=O) groups is 1.